The Kier molecular flexibility index (Phi) is 6.47. The molecule has 0 aliphatic rings. The van der Waals surface area contributed by atoms with Crippen LogP contribution in [0.2, 0.25) is 0 Å². The normalized spacial score (nSPS) is 11.9. The lowest BCUT2D eigenvalue weighted by molar-refractivity contribution is 0.260. The summed E-state index contributed by atoms with van der Waals surface area (Å²) in [6, 6.07) is 2.77. The summed E-state index contributed by atoms with van der Waals surface area (Å²) in [5.41, 5.74) is 0.614. The topological polar surface area (TPSA) is 69.6 Å². The third-order valence-corrected chi connectivity index (χ3v) is 5.03. The number of hydrogen-bond acceptors (Lipinski definition) is 4. The van der Waals surface area contributed by atoms with Gasteiger partial charge < -0.3 is 10.4 Å². The maximum absolute atomic E-state index is 13.9. The van der Waals surface area contributed by atoms with Gasteiger partial charge in [0, 0.05) is 25.2 Å². The minimum atomic E-state index is -3.89. The quantitative estimate of drug-likeness (QED) is 0.703. The van der Waals surface area contributed by atoms with Gasteiger partial charge in [-0.15, -0.1) is 6.58 Å². The lowest BCUT2D eigenvalue weighted by atomic mass is 10.1. The number of aliphatic hydroxyl groups is 1. The second kappa shape index (κ2) is 7.65. The molecule has 21 heavy (non-hydrogen) atoms. The second-order valence-electron chi connectivity index (χ2n) is 4.61. The average molecular weight is 316 g/mol. The highest BCUT2D eigenvalue weighted by atomic mass is 32.2. The van der Waals surface area contributed by atoms with Gasteiger partial charge in [-0.05, 0) is 31.7 Å². The Labute approximate surface area is 125 Å². The van der Waals surface area contributed by atoms with Crippen molar-refractivity contribution in [1.29, 1.82) is 0 Å². The Balaban J connectivity index is 3.37. The van der Waals surface area contributed by atoms with Crippen molar-refractivity contribution in [3.8, 4) is 0 Å². The summed E-state index contributed by atoms with van der Waals surface area (Å²) in [6.07, 6.45) is 1.43. The van der Waals surface area contributed by atoms with Crippen molar-refractivity contribution in [3.05, 3.63) is 41.7 Å². The molecule has 1 aromatic rings. The number of nitrogens with one attached hydrogen (secondary N) is 1. The van der Waals surface area contributed by atoms with E-state index in [1.165, 1.54) is 25.1 Å². The number of hydrogen-bond donors (Lipinski definition) is 2. The Morgan fingerprint density at radius 1 is 1.48 bits per heavy atom. The van der Waals surface area contributed by atoms with E-state index in [-0.39, 0.29) is 30.2 Å². The molecule has 0 saturated heterocycles. The number of benzene rings is 1. The first kappa shape index (κ1) is 17.8. The van der Waals surface area contributed by atoms with Gasteiger partial charge in [-0.2, -0.15) is 4.31 Å². The Hall–Kier alpha value is -1.28. The van der Waals surface area contributed by atoms with E-state index in [0.29, 0.717) is 12.1 Å². The monoisotopic (exact) mass is 316 g/mol. The zero-order valence-corrected chi connectivity index (χ0v) is 13.1. The highest BCUT2D eigenvalue weighted by Gasteiger charge is 2.26. The number of nitrogens with zero attached hydrogens (tertiary/aromatic N) is 1. The number of rotatable bonds is 8. The van der Waals surface area contributed by atoms with Gasteiger partial charge >= 0.3 is 0 Å². The minimum absolute atomic E-state index is 0.0558. The molecule has 0 atom stereocenters. The van der Waals surface area contributed by atoms with E-state index in [4.69, 9.17) is 5.11 Å². The third kappa shape index (κ3) is 4.10. The maximum Gasteiger partial charge on any atom is 0.243 e. The first-order chi connectivity index (χ1) is 9.88. The van der Waals surface area contributed by atoms with Gasteiger partial charge in [0.05, 0.1) is 11.5 Å². The molecule has 0 aliphatic heterocycles. The summed E-state index contributed by atoms with van der Waals surface area (Å²) in [5, 5.41) is 11.9. The van der Waals surface area contributed by atoms with Crippen LogP contribution in [-0.2, 0) is 16.6 Å². The first-order valence-corrected chi connectivity index (χ1v) is 7.98. The van der Waals surface area contributed by atoms with Crippen molar-refractivity contribution in [1.82, 2.24) is 9.62 Å². The summed E-state index contributed by atoms with van der Waals surface area (Å²) in [7, 11) is -2.19. The van der Waals surface area contributed by atoms with Crippen LogP contribution in [0.5, 0.6) is 0 Å². The van der Waals surface area contributed by atoms with Crippen LogP contribution < -0.4 is 5.32 Å². The van der Waals surface area contributed by atoms with Crippen LogP contribution >= 0.6 is 0 Å². The van der Waals surface area contributed by atoms with Crippen LogP contribution in [0.25, 0.3) is 0 Å². The van der Waals surface area contributed by atoms with Crippen LogP contribution in [0, 0.1) is 12.7 Å². The molecule has 7 heteroatoms. The number of halogens is 1. The average Bonchev–Trinajstić information content (AvgIpc) is 2.42. The van der Waals surface area contributed by atoms with Gasteiger partial charge in [0.1, 0.15) is 5.82 Å². The van der Waals surface area contributed by atoms with E-state index >= 15 is 0 Å². The molecule has 2 N–H and O–H groups in total. The fraction of sp³-hybridized carbons (Fsp3) is 0.429. The molecule has 1 aromatic carbocycles. The minimum Gasteiger partial charge on any atom is -0.395 e. The molecule has 0 fully saturated rings. The van der Waals surface area contributed by atoms with E-state index in [9.17, 15) is 12.8 Å². The molecule has 0 saturated carbocycles. The van der Waals surface area contributed by atoms with E-state index < -0.39 is 15.8 Å². The van der Waals surface area contributed by atoms with Gasteiger partial charge in [0.2, 0.25) is 10.0 Å². The number of aliphatic hydroxyl groups excluding tert-OH is 1. The van der Waals surface area contributed by atoms with Crippen molar-refractivity contribution < 1.29 is 17.9 Å². The van der Waals surface area contributed by atoms with E-state index in [0.717, 1.165) is 4.31 Å². The largest absolute Gasteiger partial charge is 0.395 e. The SMILES string of the molecule is C=CCN(CCO)S(=O)(=O)c1cc(CNC)cc(F)c1C. The lowest BCUT2D eigenvalue weighted by Crippen LogP contribution is -2.34. The molecular formula is C14H21FN2O3S. The van der Waals surface area contributed by atoms with Crippen LogP contribution in [0.3, 0.4) is 0 Å². The van der Waals surface area contributed by atoms with Gasteiger partial charge in [0.25, 0.3) is 0 Å². The molecule has 0 aliphatic carbocycles. The highest BCUT2D eigenvalue weighted by Crippen LogP contribution is 2.24. The van der Waals surface area contributed by atoms with E-state index in [1.54, 1.807) is 7.05 Å². The molecule has 0 radical (unpaired) electrons. The summed E-state index contributed by atoms with van der Waals surface area (Å²) < 4.78 is 40.3. The molecule has 5 nitrogen and oxygen atoms in total. The molecule has 0 heterocycles. The zero-order valence-electron chi connectivity index (χ0n) is 12.3. The Bertz CT molecular complexity index is 602. The summed E-state index contributed by atoms with van der Waals surface area (Å²) >= 11 is 0. The second-order valence-corrected chi connectivity index (χ2v) is 6.51. The summed E-state index contributed by atoms with van der Waals surface area (Å²) in [5.74, 6) is -0.566. The van der Waals surface area contributed by atoms with E-state index in [1.807, 2.05) is 0 Å². The summed E-state index contributed by atoms with van der Waals surface area (Å²) in [4.78, 5) is -0.0805. The fourth-order valence-corrected chi connectivity index (χ4v) is 3.67. The van der Waals surface area contributed by atoms with Gasteiger partial charge in [0.15, 0.2) is 0 Å². The van der Waals surface area contributed by atoms with Crippen molar-refractivity contribution >= 4 is 10.0 Å². The van der Waals surface area contributed by atoms with Crippen LogP contribution in [0.1, 0.15) is 11.1 Å². The zero-order chi connectivity index (χ0) is 16.0. The van der Waals surface area contributed by atoms with Gasteiger partial charge in [-0.25, -0.2) is 12.8 Å². The van der Waals surface area contributed by atoms with Gasteiger partial charge in [-0.3, -0.25) is 0 Å². The third-order valence-electron chi connectivity index (χ3n) is 3.04. The van der Waals surface area contributed by atoms with Gasteiger partial charge in [-0.1, -0.05) is 6.08 Å². The molecule has 118 valence electrons. The number of sulfonamides is 1. The molecular weight excluding hydrogens is 295 g/mol. The molecule has 0 amide bonds. The molecule has 0 aromatic heterocycles. The van der Waals surface area contributed by atoms with Crippen molar-refractivity contribution in [2.75, 3.05) is 26.7 Å². The molecule has 0 bridgehead atoms. The predicted molar refractivity (Wildman–Crippen MR) is 79.9 cm³/mol. The van der Waals surface area contributed by atoms with E-state index in [2.05, 4.69) is 11.9 Å². The van der Waals surface area contributed by atoms with Crippen LogP contribution in [-0.4, -0.2) is 44.6 Å². The fourth-order valence-electron chi connectivity index (χ4n) is 1.99. The smallest absolute Gasteiger partial charge is 0.243 e. The molecule has 1 rings (SSSR count). The van der Waals surface area contributed by atoms with Crippen LogP contribution in [0.4, 0.5) is 4.39 Å². The predicted octanol–water partition coefficient (Wildman–Crippen LogP) is 1.02. The highest BCUT2D eigenvalue weighted by molar-refractivity contribution is 7.89. The van der Waals surface area contributed by atoms with Crippen molar-refractivity contribution in [3.63, 3.8) is 0 Å². The molecule has 0 unspecified atom stereocenters. The van der Waals surface area contributed by atoms with Crippen molar-refractivity contribution in [2.24, 2.45) is 0 Å². The van der Waals surface area contributed by atoms with Crippen LogP contribution in [0.15, 0.2) is 29.7 Å². The van der Waals surface area contributed by atoms with Crippen molar-refractivity contribution in [2.45, 2.75) is 18.4 Å². The Morgan fingerprint density at radius 2 is 2.14 bits per heavy atom. The Morgan fingerprint density at radius 3 is 2.67 bits per heavy atom. The standard InChI is InChI=1S/C14H21FN2O3S/c1-4-5-17(6-7-18)21(19,20)14-9-12(10-16-3)8-13(15)11(14)2/h4,8-9,16,18H,1,5-7,10H2,2-3H3. The summed E-state index contributed by atoms with van der Waals surface area (Å²) in [6.45, 7) is 4.97. The lowest BCUT2D eigenvalue weighted by Gasteiger charge is -2.21. The molecule has 0 spiro atoms. The first-order valence-electron chi connectivity index (χ1n) is 6.54. The maximum atomic E-state index is 13.9.